The standard InChI is InChI=1S/C19H26ClN3O5/c1-25-16-12-17(26-2)14(20)10-13(16)15-11-18(28-22-15)19(24)21-4-3-5-23-6-8-27-9-7-23/h10,12,18H,3-9,11H2,1-2H3,(H,21,24)/p+1/t18-/m1/s1. The van der Waals surface area contributed by atoms with Gasteiger partial charge in [-0.15, -0.1) is 0 Å². The highest BCUT2D eigenvalue weighted by Gasteiger charge is 2.30. The number of benzene rings is 1. The van der Waals surface area contributed by atoms with E-state index < -0.39 is 6.10 Å². The van der Waals surface area contributed by atoms with Gasteiger partial charge in [-0.2, -0.15) is 0 Å². The number of nitrogens with zero attached hydrogens (tertiary/aromatic N) is 1. The molecule has 0 aliphatic carbocycles. The van der Waals surface area contributed by atoms with Crippen molar-refractivity contribution in [1.82, 2.24) is 5.32 Å². The number of ether oxygens (including phenoxy) is 3. The number of hydrogen-bond donors (Lipinski definition) is 2. The van der Waals surface area contributed by atoms with Crippen LogP contribution in [0.5, 0.6) is 11.5 Å². The molecule has 1 atom stereocenters. The summed E-state index contributed by atoms with van der Waals surface area (Å²) in [6.07, 6.45) is 0.638. The Kier molecular flexibility index (Phi) is 7.36. The van der Waals surface area contributed by atoms with Crippen molar-refractivity contribution in [2.45, 2.75) is 18.9 Å². The molecule has 0 bridgehead atoms. The van der Waals surface area contributed by atoms with Crippen LogP contribution in [0.25, 0.3) is 0 Å². The maximum Gasteiger partial charge on any atom is 0.264 e. The molecule has 0 radical (unpaired) electrons. The monoisotopic (exact) mass is 412 g/mol. The van der Waals surface area contributed by atoms with Gasteiger partial charge in [-0.25, -0.2) is 0 Å². The summed E-state index contributed by atoms with van der Waals surface area (Å²) in [5.74, 6) is 0.922. The van der Waals surface area contributed by atoms with E-state index in [4.69, 9.17) is 30.6 Å². The zero-order chi connectivity index (χ0) is 19.9. The first kappa shape index (κ1) is 20.7. The summed E-state index contributed by atoms with van der Waals surface area (Å²) in [6.45, 7) is 5.34. The van der Waals surface area contributed by atoms with Crippen LogP contribution in [0.3, 0.4) is 0 Å². The lowest BCUT2D eigenvalue weighted by molar-refractivity contribution is -0.908. The van der Waals surface area contributed by atoms with Gasteiger partial charge in [-0.1, -0.05) is 16.8 Å². The van der Waals surface area contributed by atoms with Crippen molar-refractivity contribution in [3.63, 3.8) is 0 Å². The van der Waals surface area contributed by atoms with Crippen LogP contribution in [0.2, 0.25) is 5.02 Å². The minimum Gasteiger partial charge on any atom is -0.496 e. The normalized spacial score (nSPS) is 19.7. The SMILES string of the molecule is COc1cc(OC)c(C2=NO[C@@H](C(=O)NCCC[NH+]3CCOCC3)C2)cc1Cl. The van der Waals surface area contributed by atoms with E-state index in [0.29, 0.717) is 40.8 Å². The molecule has 9 heteroatoms. The first-order valence-corrected chi connectivity index (χ1v) is 9.83. The van der Waals surface area contributed by atoms with Crippen LogP contribution in [0.1, 0.15) is 18.4 Å². The van der Waals surface area contributed by atoms with Crippen LogP contribution in [0.4, 0.5) is 0 Å². The average molecular weight is 413 g/mol. The molecule has 0 unspecified atom stereocenters. The first-order valence-electron chi connectivity index (χ1n) is 9.46. The summed E-state index contributed by atoms with van der Waals surface area (Å²) < 4.78 is 16.0. The van der Waals surface area contributed by atoms with Crippen LogP contribution in [0.15, 0.2) is 17.3 Å². The van der Waals surface area contributed by atoms with Crippen LogP contribution in [0, 0.1) is 0 Å². The molecule has 1 fully saturated rings. The zero-order valence-electron chi connectivity index (χ0n) is 16.3. The quantitative estimate of drug-likeness (QED) is 0.599. The van der Waals surface area contributed by atoms with E-state index in [1.165, 1.54) is 12.0 Å². The molecular formula is C19H27ClN3O5+. The third-order valence-corrected chi connectivity index (χ3v) is 5.25. The molecule has 0 aromatic heterocycles. The number of quaternary nitrogens is 1. The van der Waals surface area contributed by atoms with E-state index in [9.17, 15) is 4.79 Å². The Morgan fingerprint density at radius 2 is 2.04 bits per heavy atom. The minimum atomic E-state index is -0.642. The molecule has 0 saturated carbocycles. The fourth-order valence-electron chi connectivity index (χ4n) is 3.34. The molecule has 1 saturated heterocycles. The van der Waals surface area contributed by atoms with Crippen molar-refractivity contribution in [3.05, 3.63) is 22.7 Å². The molecule has 154 valence electrons. The van der Waals surface area contributed by atoms with Crippen molar-refractivity contribution in [2.75, 3.05) is 53.6 Å². The summed E-state index contributed by atoms with van der Waals surface area (Å²) in [6, 6.07) is 3.41. The van der Waals surface area contributed by atoms with Gasteiger partial charge >= 0.3 is 0 Å². The number of oxime groups is 1. The molecule has 28 heavy (non-hydrogen) atoms. The van der Waals surface area contributed by atoms with Crippen molar-refractivity contribution in [1.29, 1.82) is 0 Å². The fourth-order valence-corrected chi connectivity index (χ4v) is 3.58. The van der Waals surface area contributed by atoms with E-state index in [2.05, 4.69) is 10.5 Å². The topological polar surface area (TPSA) is 82.8 Å². The van der Waals surface area contributed by atoms with Crippen LogP contribution < -0.4 is 19.7 Å². The van der Waals surface area contributed by atoms with Crippen molar-refractivity contribution >= 4 is 23.2 Å². The number of methoxy groups -OCH3 is 2. The molecule has 2 heterocycles. The number of carbonyl (C=O) groups is 1. The van der Waals surface area contributed by atoms with E-state index in [0.717, 1.165) is 39.3 Å². The maximum atomic E-state index is 12.4. The van der Waals surface area contributed by atoms with Gasteiger partial charge in [0, 0.05) is 31.0 Å². The highest BCUT2D eigenvalue weighted by molar-refractivity contribution is 6.32. The average Bonchev–Trinajstić information content (AvgIpc) is 3.22. The largest absolute Gasteiger partial charge is 0.496 e. The van der Waals surface area contributed by atoms with Gasteiger partial charge in [0.2, 0.25) is 6.10 Å². The zero-order valence-corrected chi connectivity index (χ0v) is 17.0. The fraction of sp³-hybridized carbons (Fsp3) is 0.579. The predicted octanol–water partition coefficient (Wildman–Crippen LogP) is 0.272. The number of halogens is 1. The van der Waals surface area contributed by atoms with Crippen molar-refractivity contribution in [2.24, 2.45) is 5.16 Å². The van der Waals surface area contributed by atoms with Crippen LogP contribution in [-0.4, -0.2) is 71.3 Å². The second kappa shape index (κ2) is 9.95. The molecule has 2 aliphatic rings. The third kappa shape index (κ3) is 5.06. The molecule has 8 nitrogen and oxygen atoms in total. The second-order valence-corrected chi connectivity index (χ2v) is 7.19. The third-order valence-electron chi connectivity index (χ3n) is 4.95. The Bertz CT molecular complexity index is 722. The lowest BCUT2D eigenvalue weighted by Gasteiger charge is -2.23. The minimum absolute atomic E-state index is 0.158. The lowest BCUT2D eigenvalue weighted by atomic mass is 10.0. The van der Waals surface area contributed by atoms with Gasteiger partial charge in [0.25, 0.3) is 5.91 Å². The van der Waals surface area contributed by atoms with Crippen molar-refractivity contribution < 1.29 is 28.7 Å². The number of nitrogens with one attached hydrogen (secondary N) is 2. The Labute approximate surface area is 169 Å². The van der Waals surface area contributed by atoms with Crippen LogP contribution in [-0.2, 0) is 14.4 Å². The van der Waals surface area contributed by atoms with Gasteiger partial charge in [-0.05, 0) is 6.07 Å². The summed E-state index contributed by atoms with van der Waals surface area (Å²) >= 11 is 6.22. The summed E-state index contributed by atoms with van der Waals surface area (Å²) in [7, 11) is 3.10. The second-order valence-electron chi connectivity index (χ2n) is 6.78. The van der Waals surface area contributed by atoms with Crippen molar-refractivity contribution in [3.8, 4) is 11.5 Å². The summed E-state index contributed by atoms with van der Waals surface area (Å²) in [5, 5.41) is 7.45. The molecule has 1 aromatic rings. The van der Waals surface area contributed by atoms with Gasteiger partial charge in [-0.3, -0.25) is 4.79 Å². The maximum absolute atomic E-state index is 12.4. The number of rotatable bonds is 8. The molecule has 2 aliphatic heterocycles. The van der Waals surface area contributed by atoms with Gasteiger partial charge in [0.1, 0.15) is 24.6 Å². The van der Waals surface area contributed by atoms with Crippen LogP contribution >= 0.6 is 11.6 Å². The van der Waals surface area contributed by atoms with E-state index in [1.807, 2.05) is 0 Å². The van der Waals surface area contributed by atoms with Gasteiger partial charge in [0.15, 0.2) is 0 Å². The smallest absolute Gasteiger partial charge is 0.264 e. The molecule has 0 spiro atoms. The Morgan fingerprint density at radius 3 is 2.75 bits per heavy atom. The Hall–Kier alpha value is -2.03. The van der Waals surface area contributed by atoms with Gasteiger partial charge < -0.3 is 29.3 Å². The Balaban J connectivity index is 1.49. The van der Waals surface area contributed by atoms with Gasteiger partial charge in [0.05, 0.1) is 44.7 Å². The molecular weight excluding hydrogens is 386 g/mol. The number of carbonyl (C=O) groups excluding carboxylic acids is 1. The number of hydrogen-bond acceptors (Lipinski definition) is 6. The predicted molar refractivity (Wildman–Crippen MR) is 105 cm³/mol. The highest BCUT2D eigenvalue weighted by Crippen LogP contribution is 2.34. The first-order chi connectivity index (χ1) is 13.6. The lowest BCUT2D eigenvalue weighted by Crippen LogP contribution is -3.14. The molecule has 2 N–H and O–H groups in total. The summed E-state index contributed by atoms with van der Waals surface area (Å²) in [5.41, 5.74) is 1.32. The van der Waals surface area contributed by atoms with E-state index in [-0.39, 0.29) is 5.91 Å². The van der Waals surface area contributed by atoms with E-state index in [1.54, 1.807) is 19.2 Å². The molecule has 1 amide bonds. The van der Waals surface area contributed by atoms with E-state index >= 15 is 0 Å². The molecule has 3 rings (SSSR count). The highest BCUT2D eigenvalue weighted by atomic mass is 35.5. The molecule has 1 aromatic carbocycles. The number of morpholine rings is 1. The summed E-state index contributed by atoms with van der Waals surface area (Å²) in [4.78, 5) is 19.3. The number of amides is 1. The Morgan fingerprint density at radius 1 is 1.29 bits per heavy atom.